The zero-order valence-corrected chi connectivity index (χ0v) is 44.8. The van der Waals surface area contributed by atoms with Crippen molar-refractivity contribution in [3.63, 3.8) is 0 Å². The molecule has 0 saturated carbocycles. The Morgan fingerprint density at radius 1 is 0.406 bits per heavy atom. The molecule has 21 nitrogen and oxygen atoms in total. The normalized spacial score (nSPS) is 11.4. The third-order valence-corrected chi connectivity index (χ3v) is 11.7. The van der Waals surface area contributed by atoms with Crippen LogP contribution in [0.5, 0.6) is 11.5 Å². The molecule has 29 heteroatoms. The molecular weight excluding hydrogens is 969 g/mol. The standard InChI is InChI=1S/C35H26N4O17S4.4Na/c40-29-15-25(59(51,52)53)11-19-9-23(57(45,46)47)13-27(31(19)29)38-33(42)17-3-1-5-21(7-17)36-35(44)37-22-6-2-4-18(8-22)34(43)39-28-14-24(58(48,49)50)10-20-12-26(60(54,55)56)16-30(41)32(20)28;;;;/h1-16,40-41H,(H,38,42)(H,39,43)(H2,36,37,44)(H,45,46,47)(H,48,49,50)(H,51,52,53)(H,54,55,56);;;;. The van der Waals surface area contributed by atoms with Gasteiger partial charge >= 0.3 is 6.03 Å². The van der Waals surface area contributed by atoms with Crippen LogP contribution in [0.25, 0.3) is 21.5 Å². The Hall–Kier alpha value is -2.71. The number of urea groups is 1. The molecule has 6 rings (SSSR count). The summed E-state index contributed by atoms with van der Waals surface area (Å²) in [7, 11) is -19.7. The van der Waals surface area contributed by atoms with Crippen molar-refractivity contribution in [2.75, 3.05) is 21.3 Å². The fourth-order valence-corrected chi connectivity index (χ4v) is 7.99. The molecule has 316 valence electrons. The van der Waals surface area contributed by atoms with Gasteiger partial charge in [-0.1, -0.05) is 12.1 Å². The monoisotopic (exact) mass is 994 g/mol. The molecule has 6 aromatic rings. The van der Waals surface area contributed by atoms with Crippen LogP contribution in [0.4, 0.5) is 27.5 Å². The first-order valence-electron chi connectivity index (χ1n) is 16.2. The minimum atomic E-state index is -4.95. The molecule has 0 bridgehead atoms. The van der Waals surface area contributed by atoms with Gasteiger partial charge in [0.2, 0.25) is 0 Å². The third kappa shape index (κ3) is 13.7. The number of hydrogen-bond acceptors (Lipinski definition) is 13. The van der Waals surface area contributed by atoms with Gasteiger partial charge in [0.15, 0.2) is 0 Å². The van der Waals surface area contributed by atoms with Crippen molar-refractivity contribution in [1.29, 1.82) is 0 Å². The van der Waals surface area contributed by atoms with Crippen LogP contribution in [0.15, 0.2) is 117 Å². The molecule has 0 spiro atoms. The van der Waals surface area contributed by atoms with Gasteiger partial charge in [-0.3, -0.25) is 27.8 Å². The number of phenolic OH excluding ortho intramolecular Hbond substituents is 2. The van der Waals surface area contributed by atoms with Crippen LogP contribution in [-0.4, -0.2) is 198 Å². The van der Waals surface area contributed by atoms with Gasteiger partial charge in [0.05, 0.1) is 31.0 Å². The fraction of sp³-hybridized carbons (Fsp3) is 0. The van der Waals surface area contributed by atoms with Gasteiger partial charge < -0.3 is 31.5 Å². The SMILES string of the molecule is O=C(Nc1cccc(C(=O)Nc2cc(S(=O)(=O)O)cc3cc(S(=O)(=O)O)cc(O)c23)c1)Nc1cccc(C(=O)Nc2cc(S(=O)(=O)O)cc3cc(S(=O)(=O)O)cc(O)c23)c1.[Na].[Na].[Na].[Na]. The van der Waals surface area contributed by atoms with Crippen molar-refractivity contribution < 1.29 is 76.5 Å². The van der Waals surface area contributed by atoms with Crippen molar-refractivity contribution in [2.24, 2.45) is 0 Å². The molecule has 0 atom stereocenters. The van der Waals surface area contributed by atoms with Crippen LogP contribution in [0.3, 0.4) is 0 Å². The molecule has 0 fully saturated rings. The number of carbonyl (C=O) groups excluding carboxylic acids is 3. The van der Waals surface area contributed by atoms with Crippen LogP contribution in [-0.2, 0) is 40.5 Å². The maximum absolute atomic E-state index is 13.3. The first-order valence-corrected chi connectivity index (χ1v) is 22.0. The Labute approximate surface area is 452 Å². The second-order valence-corrected chi connectivity index (χ2v) is 18.3. The van der Waals surface area contributed by atoms with E-state index in [9.17, 15) is 76.5 Å². The average Bonchev–Trinajstić information content (AvgIpc) is 3.12. The molecule has 0 aliphatic rings. The predicted octanol–water partition coefficient (Wildman–Crippen LogP) is 3.02. The first kappa shape index (κ1) is 57.4. The number of nitrogens with one attached hydrogen (secondary N) is 4. The summed E-state index contributed by atoms with van der Waals surface area (Å²) in [6.45, 7) is 0. The molecule has 4 radical (unpaired) electrons. The number of fused-ring (bicyclic) bond motifs is 2. The zero-order chi connectivity index (χ0) is 44.1. The Kier molecular flexibility index (Phi) is 19.7. The summed E-state index contributed by atoms with van der Waals surface area (Å²) in [6, 6.07) is 15.5. The number of anilines is 4. The van der Waals surface area contributed by atoms with Gasteiger partial charge in [0.25, 0.3) is 52.3 Å². The molecule has 10 N–H and O–H groups in total. The molecule has 0 aromatic heterocycles. The van der Waals surface area contributed by atoms with E-state index in [1.807, 2.05) is 0 Å². The molecule has 0 saturated heterocycles. The molecule has 64 heavy (non-hydrogen) atoms. The van der Waals surface area contributed by atoms with Crippen molar-refractivity contribution in [3.8, 4) is 11.5 Å². The van der Waals surface area contributed by atoms with Crippen LogP contribution < -0.4 is 21.3 Å². The van der Waals surface area contributed by atoms with Crippen LogP contribution in [0.1, 0.15) is 20.7 Å². The van der Waals surface area contributed by atoms with E-state index in [0.717, 1.165) is 36.4 Å². The summed E-state index contributed by atoms with van der Waals surface area (Å²) in [6.07, 6.45) is 0. The van der Waals surface area contributed by atoms with E-state index in [0.29, 0.717) is 12.1 Å². The Morgan fingerprint density at radius 3 is 1.00 bits per heavy atom. The topological polar surface area (TPSA) is 357 Å². The maximum atomic E-state index is 13.3. The summed E-state index contributed by atoms with van der Waals surface area (Å²) >= 11 is 0. The summed E-state index contributed by atoms with van der Waals surface area (Å²) in [5, 5.41) is 29.7. The van der Waals surface area contributed by atoms with Gasteiger partial charge in [-0.05, 0) is 83.6 Å². The molecule has 0 aliphatic heterocycles. The Bertz CT molecular complexity index is 3100. The van der Waals surface area contributed by atoms with E-state index in [-0.39, 0.29) is 162 Å². The van der Waals surface area contributed by atoms with Gasteiger partial charge in [-0.2, -0.15) is 33.7 Å². The number of carbonyl (C=O) groups is 3. The molecular formula is C35H26N4Na4O17S4. The van der Waals surface area contributed by atoms with E-state index in [1.54, 1.807) is 0 Å². The first-order chi connectivity index (χ1) is 27.8. The summed E-state index contributed by atoms with van der Waals surface area (Å²) in [5.41, 5.74) is -1.03. The van der Waals surface area contributed by atoms with E-state index >= 15 is 0 Å². The van der Waals surface area contributed by atoms with E-state index in [4.69, 9.17) is 0 Å². The molecule has 0 aliphatic carbocycles. The minimum absolute atomic E-state index is 0. The van der Waals surface area contributed by atoms with Crippen molar-refractivity contribution >= 4 is 221 Å². The number of phenols is 2. The minimum Gasteiger partial charge on any atom is -0.507 e. The van der Waals surface area contributed by atoms with Gasteiger partial charge in [-0.15, -0.1) is 0 Å². The van der Waals surface area contributed by atoms with Crippen molar-refractivity contribution in [2.45, 2.75) is 19.6 Å². The van der Waals surface area contributed by atoms with E-state index in [2.05, 4.69) is 21.3 Å². The van der Waals surface area contributed by atoms with Crippen molar-refractivity contribution in [3.05, 3.63) is 108 Å². The zero-order valence-electron chi connectivity index (χ0n) is 33.5. The smallest absolute Gasteiger partial charge is 0.323 e. The average molecular weight is 995 g/mol. The molecule has 0 unspecified atom stereocenters. The Balaban J connectivity index is 0.00000352. The second kappa shape index (κ2) is 21.9. The molecule has 6 aromatic carbocycles. The number of rotatable bonds is 10. The summed E-state index contributed by atoms with van der Waals surface area (Å²) < 4.78 is 133. The maximum Gasteiger partial charge on any atom is 0.323 e. The van der Waals surface area contributed by atoms with E-state index in [1.165, 1.54) is 48.5 Å². The molecule has 0 heterocycles. The Morgan fingerprint density at radius 2 is 0.703 bits per heavy atom. The quantitative estimate of drug-likeness (QED) is 0.0696. The summed E-state index contributed by atoms with van der Waals surface area (Å²) in [4.78, 5) is 36.4. The van der Waals surface area contributed by atoms with Crippen LogP contribution in [0, 0.1) is 0 Å². The van der Waals surface area contributed by atoms with Crippen LogP contribution >= 0.6 is 0 Å². The van der Waals surface area contributed by atoms with Gasteiger partial charge in [0, 0.05) is 164 Å². The second-order valence-electron chi connectivity index (χ2n) is 12.6. The van der Waals surface area contributed by atoms with Crippen molar-refractivity contribution in [1.82, 2.24) is 0 Å². The fourth-order valence-electron chi connectivity index (χ4n) is 5.83. The van der Waals surface area contributed by atoms with E-state index < -0.39 is 101 Å². The van der Waals surface area contributed by atoms with Gasteiger partial charge in [0.1, 0.15) is 11.5 Å². The van der Waals surface area contributed by atoms with Crippen LogP contribution in [0.2, 0.25) is 0 Å². The number of aromatic hydroxyl groups is 2. The summed E-state index contributed by atoms with van der Waals surface area (Å²) in [5.74, 6) is -3.46. The number of amides is 4. The number of hydrogen-bond donors (Lipinski definition) is 10. The van der Waals surface area contributed by atoms with Gasteiger partial charge in [-0.25, -0.2) is 4.79 Å². The predicted molar refractivity (Wildman–Crippen MR) is 235 cm³/mol. The number of benzene rings is 6. The largest absolute Gasteiger partial charge is 0.507 e. The third-order valence-electron chi connectivity index (χ3n) is 8.40. The molecule has 4 amide bonds.